The van der Waals surface area contributed by atoms with E-state index < -0.39 is 11.9 Å². The first-order valence-electron chi connectivity index (χ1n) is 4.27. The highest BCUT2D eigenvalue weighted by Crippen LogP contribution is 2.07. The summed E-state index contributed by atoms with van der Waals surface area (Å²) < 4.78 is 0. The van der Waals surface area contributed by atoms with Gasteiger partial charge in [0, 0.05) is 19.5 Å². The van der Waals surface area contributed by atoms with Gasteiger partial charge in [0.2, 0.25) is 0 Å². The quantitative estimate of drug-likeness (QED) is 0.528. The van der Waals surface area contributed by atoms with E-state index in [2.05, 4.69) is 11.8 Å². The monoisotopic (exact) mass is 202 g/mol. The lowest BCUT2D eigenvalue weighted by molar-refractivity contribution is -0.159. The Balaban J connectivity index is 0.000000255. The van der Waals surface area contributed by atoms with Crippen molar-refractivity contribution in [1.29, 1.82) is 5.41 Å². The normalized spacial score (nSPS) is 14.6. The van der Waals surface area contributed by atoms with E-state index >= 15 is 0 Å². The molecule has 1 saturated heterocycles. The van der Waals surface area contributed by atoms with Gasteiger partial charge in [0.25, 0.3) is 0 Å². The van der Waals surface area contributed by atoms with Crippen molar-refractivity contribution < 1.29 is 19.8 Å². The molecule has 0 amide bonds. The van der Waals surface area contributed by atoms with Gasteiger partial charge in [0.1, 0.15) is 0 Å². The average Bonchev–Trinajstić information content (AvgIpc) is 2.51. The fourth-order valence-electron chi connectivity index (χ4n) is 1.08. The number of carbonyl (C=O) groups is 2. The molecule has 1 aliphatic heterocycles. The van der Waals surface area contributed by atoms with Gasteiger partial charge in [0.15, 0.2) is 0 Å². The second-order valence-electron chi connectivity index (χ2n) is 2.74. The zero-order valence-corrected chi connectivity index (χ0v) is 7.99. The Bertz CT molecular complexity index is 227. The molecule has 6 nitrogen and oxygen atoms in total. The maximum Gasteiger partial charge on any atom is 0.414 e. The maximum absolute atomic E-state index is 9.10. The number of hydrogen-bond donors (Lipinski definition) is 3. The van der Waals surface area contributed by atoms with Crippen LogP contribution in [0.4, 0.5) is 0 Å². The molecule has 0 aromatic carbocycles. The zero-order chi connectivity index (χ0) is 11.1. The number of amidine groups is 1. The summed E-state index contributed by atoms with van der Waals surface area (Å²) in [6.07, 6.45) is 2.18. The predicted octanol–water partition coefficient (Wildman–Crippen LogP) is 0.235. The van der Waals surface area contributed by atoms with Crippen molar-refractivity contribution in [3.63, 3.8) is 0 Å². The largest absolute Gasteiger partial charge is 0.473 e. The summed E-state index contributed by atoms with van der Waals surface area (Å²) in [7, 11) is 0. The molecule has 0 unspecified atom stereocenters. The van der Waals surface area contributed by atoms with E-state index in [0.717, 1.165) is 25.3 Å². The minimum atomic E-state index is -1.82. The van der Waals surface area contributed by atoms with E-state index in [0.29, 0.717) is 0 Å². The van der Waals surface area contributed by atoms with E-state index in [9.17, 15) is 0 Å². The van der Waals surface area contributed by atoms with Crippen molar-refractivity contribution in [2.24, 2.45) is 0 Å². The molecule has 0 atom stereocenters. The molecule has 1 rings (SSSR count). The van der Waals surface area contributed by atoms with E-state index in [1.165, 1.54) is 6.42 Å². The van der Waals surface area contributed by atoms with Crippen LogP contribution >= 0.6 is 0 Å². The van der Waals surface area contributed by atoms with Crippen LogP contribution in [0.1, 0.15) is 19.8 Å². The fraction of sp³-hybridized carbons (Fsp3) is 0.625. The molecule has 80 valence electrons. The lowest BCUT2D eigenvalue weighted by Crippen LogP contribution is -2.22. The minimum absolute atomic E-state index is 0.826. The summed E-state index contributed by atoms with van der Waals surface area (Å²) in [6, 6.07) is 0. The van der Waals surface area contributed by atoms with Crippen molar-refractivity contribution in [3.8, 4) is 0 Å². The Morgan fingerprint density at radius 1 is 1.43 bits per heavy atom. The first kappa shape index (κ1) is 12.4. The van der Waals surface area contributed by atoms with Crippen LogP contribution in [0.15, 0.2) is 0 Å². The molecule has 1 aliphatic rings. The van der Waals surface area contributed by atoms with E-state index in [-0.39, 0.29) is 0 Å². The Labute approximate surface area is 81.7 Å². The Morgan fingerprint density at radius 3 is 2.07 bits per heavy atom. The fourth-order valence-corrected chi connectivity index (χ4v) is 1.08. The van der Waals surface area contributed by atoms with Gasteiger partial charge >= 0.3 is 11.9 Å². The highest BCUT2D eigenvalue weighted by molar-refractivity contribution is 6.27. The smallest absolute Gasteiger partial charge is 0.414 e. The number of nitrogens with one attached hydrogen (secondary N) is 1. The number of nitrogens with zero attached hydrogens (tertiary/aromatic N) is 1. The number of likely N-dealkylation sites (tertiary alicyclic amines) is 1. The summed E-state index contributed by atoms with van der Waals surface area (Å²) in [5.74, 6) is -2.82. The zero-order valence-electron chi connectivity index (χ0n) is 7.99. The van der Waals surface area contributed by atoms with E-state index in [1.807, 2.05) is 0 Å². The molecule has 0 saturated carbocycles. The molecule has 1 fully saturated rings. The van der Waals surface area contributed by atoms with Gasteiger partial charge in [0.05, 0.1) is 5.84 Å². The third kappa shape index (κ3) is 4.44. The maximum atomic E-state index is 9.10. The number of carboxylic acids is 2. The number of carboxylic acid groups (broad SMARTS) is 2. The molecule has 6 heteroatoms. The van der Waals surface area contributed by atoms with Gasteiger partial charge in [-0.3, -0.25) is 5.41 Å². The summed E-state index contributed by atoms with van der Waals surface area (Å²) >= 11 is 0. The van der Waals surface area contributed by atoms with Gasteiger partial charge in [-0.2, -0.15) is 0 Å². The second-order valence-corrected chi connectivity index (χ2v) is 2.74. The molecular weight excluding hydrogens is 188 g/mol. The molecule has 0 spiro atoms. The SMILES string of the molecule is CCN1CCCC1=N.O=C(O)C(=O)O. The van der Waals surface area contributed by atoms with Crippen molar-refractivity contribution in [2.45, 2.75) is 19.8 Å². The van der Waals surface area contributed by atoms with Crippen molar-refractivity contribution in [3.05, 3.63) is 0 Å². The van der Waals surface area contributed by atoms with Gasteiger partial charge in [-0.25, -0.2) is 9.59 Å². The molecule has 1 heterocycles. The van der Waals surface area contributed by atoms with Crippen LogP contribution in [-0.2, 0) is 9.59 Å². The topological polar surface area (TPSA) is 102 Å². The van der Waals surface area contributed by atoms with Crippen LogP contribution < -0.4 is 0 Å². The highest BCUT2D eigenvalue weighted by Gasteiger charge is 2.13. The summed E-state index contributed by atoms with van der Waals surface area (Å²) in [5, 5.41) is 22.1. The van der Waals surface area contributed by atoms with Crippen molar-refractivity contribution >= 4 is 17.8 Å². The average molecular weight is 202 g/mol. The molecule has 0 aromatic rings. The Morgan fingerprint density at radius 2 is 1.93 bits per heavy atom. The molecule has 14 heavy (non-hydrogen) atoms. The van der Waals surface area contributed by atoms with Gasteiger partial charge in [-0.1, -0.05) is 0 Å². The highest BCUT2D eigenvalue weighted by atomic mass is 16.4. The lowest BCUT2D eigenvalue weighted by atomic mass is 10.4. The predicted molar refractivity (Wildman–Crippen MR) is 49.5 cm³/mol. The molecule has 0 aliphatic carbocycles. The third-order valence-corrected chi connectivity index (χ3v) is 1.79. The lowest BCUT2D eigenvalue weighted by Gasteiger charge is -2.13. The van der Waals surface area contributed by atoms with Crippen molar-refractivity contribution in [1.82, 2.24) is 4.90 Å². The Kier molecular flexibility index (Phi) is 5.28. The summed E-state index contributed by atoms with van der Waals surface area (Å²) in [4.78, 5) is 20.3. The first-order valence-corrected chi connectivity index (χ1v) is 4.27. The molecular formula is C8H14N2O4. The summed E-state index contributed by atoms with van der Waals surface area (Å²) in [5.41, 5.74) is 0. The van der Waals surface area contributed by atoms with Crippen LogP contribution in [0.5, 0.6) is 0 Å². The molecule has 0 radical (unpaired) electrons. The van der Waals surface area contributed by atoms with E-state index in [1.54, 1.807) is 0 Å². The van der Waals surface area contributed by atoms with Gasteiger partial charge in [-0.05, 0) is 13.3 Å². The van der Waals surface area contributed by atoms with E-state index in [4.69, 9.17) is 25.2 Å². The molecule has 3 N–H and O–H groups in total. The van der Waals surface area contributed by atoms with Crippen LogP contribution in [0, 0.1) is 5.41 Å². The standard InChI is InChI=1S/C6H12N2.C2H2O4/c1-2-8-5-3-4-6(8)7;3-1(4)2(5)6/h7H,2-5H2,1H3;(H,3,4)(H,5,6). The van der Waals surface area contributed by atoms with Gasteiger partial charge in [-0.15, -0.1) is 0 Å². The van der Waals surface area contributed by atoms with Crippen molar-refractivity contribution in [2.75, 3.05) is 13.1 Å². The molecule has 0 bridgehead atoms. The second kappa shape index (κ2) is 5.95. The van der Waals surface area contributed by atoms with Crippen LogP contribution in [-0.4, -0.2) is 46.0 Å². The molecule has 0 aromatic heterocycles. The Hall–Kier alpha value is -1.59. The third-order valence-electron chi connectivity index (χ3n) is 1.79. The summed E-state index contributed by atoms with van der Waals surface area (Å²) in [6.45, 7) is 4.22. The van der Waals surface area contributed by atoms with Crippen LogP contribution in [0.2, 0.25) is 0 Å². The van der Waals surface area contributed by atoms with Gasteiger partial charge < -0.3 is 15.1 Å². The minimum Gasteiger partial charge on any atom is -0.473 e. The number of hydrogen-bond acceptors (Lipinski definition) is 3. The number of rotatable bonds is 1. The number of aliphatic carboxylic acids is 2. The van der Waals surface area contributed by atoms with Crippen LogP contribution in [0.25, 0.3) is 0 Å². The van der Waals surface area contributed by atoms with Crippen LogP contribution in [0.3, 0.4) is 0 Å². The first-order chi connectivity index (χ1) is 6.49.